The van der Waals surface area contributed by atoms with Crippen molar-refractivity contribution < 1.29 is 14.3 Å². The molecule has 3 aromatic rings. The third kappa shape index (κ3) is 4.34. The number of carbonyl (C=O) groups is 2. The highest BCUT2D eigenvalue weighted by Crippen LogP contribution is 2.41. The highest BCUT2D eigenvalue weighted by atomic mass is 32.1. The predicted octanol–water partition coefficient (Wildman–Crippen LogP) is 2.98. The van der Waals surface area contributed by atoms with Crippen LogP contribution in [0.25, 0.3) is 4.96 Å². The zero-order valence-electron chi connectivity index (χ0n) is 16.0. The Morgan fingerprint density at radius 2 is 2.10 bits per heavy atom. The summed E-state index contributed by atoms with van der Waals surface area (Å²) >= 11 is 1.40. The van der Waals surface area contributed by atoms with Crippen molar-refractivity contribution in [2.24, 2.45) is 5.92 Å². The maximum atomic E-state index is 12.4. The van der Waals surface area contributed by atoms with Crippen molar-refractivity contribution in [1.29, 1.82) is 0 Å². The number of carbonyl (C=O) groups excluding carboxylic acids is 2. The number of aromatic nitrogens is 3. The fraction of sp³-hybridized carbons (Fsp3) is 0.350. The molecule has 1 saturated carbocycles. The van der Waals surface area contributed by atoms with Gasteiger partial charge < -0.3 is 10.1 Å². The van der Waals surface area contributed by atoms with Gasteiger partial charge in [0.2, 0.25) is 10.9 Å². The molecule has 9 heteroatoms. The largest absolute Gasteiger partial charge is 0.456 e. The fourth-order valence-electron chi connectivity index (χ4n) is 2.67. The van der Waals surface area contributed by atoms with Crippen LogP contribution in [0.3, 0.4) is 0 Å². The van der Waals surface area contributed by atoms with Gasteiger partial charge in [-0.25, -0.2) is 9.78 Å². The average molecular weight is 412 g/mol. The molecule has 4 rings (SSSR count). The molecule has 1 aliphatic rings. The summed E-state index contributed by atoms with van der Waals surface area (Å²) < 4.78 is 6.61. The average Bonchev–Trinajstić information content (AvgIpc) is 3.45. The molecule has 0 saturated heterocycles. The van der Waals surface area contributed by atoms with Gasteiger partial charge in [-0.15, -0.1) is 0 Å². The van der Waals surface area contributed by atoms with Gasteiger partial charge in [0.25, 0.3) is 5.56 Å². The summed E-state index contributed by atoms with van der Waals surface area (Å²) in [4.78, 5) is 41.4. The van der Waals surface area contributed by atoms with Gasteiger partial charge in [-0.05, 0) is 31.0 Å². The Hall–Kier alpha value is -3.07. The number of nitrogens with one attached hydrogen (secondary N) is 1. The molecule has 1 amide bonds. The second-order valence-corrected chi connectivity index (χ2v) is 8.28. The molecule has 2 aromatic heterocycles. The molecule has 1 fully saturated rings. The minimum Gasteiger partial charge on any atom is -0.456 e. The zero-order valence-corrected chi connectivity index (χ0v) is 16.9. The van der Waals surface area contributed by atoms with Crippen LogP contribution in [0.2, 0.25) is 0 Å². The van der Waals surface area contributed by atoms with Crippen molar-refractivity contribution in [3.05, 3.63) is 57.0 Å². The summed E-state index contributed by atoms with van der Waals surface area (Å²) in [5.41, 5.74) is 0.910. The molecule has 2 heterocycles. The van der Waals surface area contributed by atoms with E-state index in [1.165, 1.54) is 21.9 Å². The summed E-state index contributed by atoms with van der Waals surface area (Å²) in [6.07, 6.45) is 2.19. The smallest absolute Gasteiger partial charge is 0.338 e. The van der Waals surface area contributed by atoms with Crippen LogP contribution >= 0.6 is 11.3 Å². The number of hydrogen-bond acceptors (Lipinski definition) is 7. The first-order valence-corrected chi connectivity index (χ1v) is 10.2. The molecule has 1 aromatic carbocycles. The highest BCUT2D eigenvalue weighted by Gasteiger charge is 2.28. The molecule has 150 valence electrons. The van der Waals surface area contributed by atoms with E-state index in [4.69, 9.17) is 4.74 Å². The molecule has 0 unspecified atom stereocenters. The Morgan fingerprint density at radius 1 is 1.31 bits per heavy atom. The number of rotatable bonds is 6. The number of anilines is 1. The molecule has 0 spiro atoms. The van der Waals surface area contributed by atoms with E-state index in [2.05, 4.69) is 15.4 Å². The molecule has 0 radical (unpaired) electrons. The molecule has 1 aliphatic carbocycles. The lowest BCUT2D eigenvalue weighted by Crippen LogP contribution is -2.18. The summed E-state index contributed by atoms with van der Waals surface area (Å²) in [5, 5.41) is 7.99. The number of hydrogen-bond donors (Lipinski definition) is 1. The van der Waals surface area contributed by atoms with E-state index in [0.29, 0.717) is 27.8 Å². The van der Waals surface area contributed by atoms with E-state index in [1.54, 1.807) is 38.1 Å². The van der Waals surface area contributed by atoms with Gasteiger partial charge in [-0.2, -0.15) is 9.61 Å². The van der Waals surface area contributed by atoms with E-state index < -0.39 is 5.97 Å². The number of fused-ring (bicyclic) bond motifs is 1. The zero-order chi connectivity index (χ0) is 20.5. The van der Waals surface area contributed by atoms with Gasteiger partial charge in [0, 0.05) is 23.6 Å². The number of nitrogens with zero attached hydrogens (tertiary/aromatic N) is 3. The molecule has 1 N–H and O–H groups in total. The van der Waals surface area contributed by atoms with Crippen molar-refractivity contribution >= 4 is 33.9 Å². The highest BCUT2D eigenvalue weighted by molar-refractivity contribution is 7.16. The Balaban J connectivity index is 1.45. The minimum absolute atomic E-state index is 0.121. The monoisotopic (exact) mass is 412 g/mol. The lowest BCUT2D eigenvalue weighted by atomic mass is 10.1. The van der Waals surface area contributed by atoms with Crippen molar-refractivity contribution in [3.8, 4) is 0 Å². The number of benzene rings is 1. The number of ether oxygens (including phenoxy) is 1. The van der Waals surface area contributed by atoms with E-state index >= 15 is 0 Å². The first-order chi connectivity index (χ1) is 13.9. The van der Waals surface area contributed by atoms with E-state index in [1.807, 2.05) is 0 Å². The standard InChI is InChI=1S/C20H20N4O4S/c1-11(2)17(26)21-14-5-3-4-13(8-14)19(27)28-10-15-9-16(25)24-20(22-15)29-18(23-24)12-6-7-12/h3-5,8-9,11-12H,6-7,10H2,1-2H3,(H,21,26). The van der Waals surface area contributed by atoms with E-state index in [-0.39, 0.29) is 24.0 Å². The second-order valence-electron chi connectivity index (χ2n) is 7.30. The van der Waals surface area contributed by atoms with E-state index in [0.717, 1.165) is 17.8 Å². The maximum Gasteiger partial charge on any atom is 0.338 e. The summed E-state index contributed by atoms with van der Waals surface area (Å²) in [7, 11) is 0. The lowest BCUT2D eigenvalue weighted by Gasteiger charge is -2.09. The summed E-state index contributed by atoms with van der Waals surface area (Å²) in [6.45, 7) is 3.46. The molecule has 8 nitrogen and oxygen atoms in total. The fourth-order valence-corrected chi connectivity index (χ4v) is 3.77. The molecular formula is C20H20N4O4S. The number of amides is 1. The van der Waals surface area contributed by atoms with Crippen molar-refractivity contribution in [1.82, 2.24) is 14.6 Å². The third-order valence-electron chi connectivity index (χ3n) is 4.48. The summed E-state index contributed by atoms with van der Waals surface area (Å²) in [5.74, 6) is -0.428. The van der Waals surface area contributed by atoms with E-state index in [9.17, 15) is 14.4 Å². The molecule has 29 heavy (non-hydrogen) atoms. The van der Waals surface area contributed by atoms with Gasteiger partial charge >= 0.3 is 5.97 Å². The Kier molecular flexibility index (Phi) is 5.14. The van der Waals surface area contributed by atoms with Gasteiger partial charge in [-0.3, -0.25) is 9.59 Å². The van der Waals surface area contributed by atoms with Gasteiger partial charge in [0.1, 0.15) is 11.6 Å². The topological polar surface area (TPSA) is 103 Å². The van der Waals surface area contributed by atoms with Crippen LogP contribution in [0.15, 0.2) is 35.1 Å². The van der Waals surface area contributed by atoms with Gasteiger partial charge in [0.15, 0.2) is 0 Å². The quantitative estimate of drug-likeness (QED) is 0.625. The van der Waals surface area contributed by atoms with Crippen LogP contribution in [-0.4, -0.2) is 26.5 Å². The van der Waals surface area contributed by atoms with Crippen molar-refractivity contribution in [2.45, 2.75) is 39.2 Å². The van der Waals surface area contributed by atoms with Crippen LogP contribution in [0.4, 0.5) is 5.69 Å². The minimum atomic E-state index is -0.560. The molecule has 0 aliphatic heterocycles. The first-order valence-electron chi connectivity index (χ1n) is 9.38. The van der Waals surface area contributed by atoms with Gasteiger partial charge in [0.05, 0.1) is 11.3 Å². The van der Waals surface area contributed by atoms with Crippen LogP contribution < -0.4 is 10.9 Å². The second kappa shape index (κ2) is 7.75. The SMILES string of the molecule is CC(C)C(=O)Nc1cccc(C(=O)OCc2cc(=O)n3nc(C4CC4)sc3n2)c1. The summed E-state index contributed by atoms with van der Waals surface area (Å²) in [6, 6.07) is 7.85. The number of esters is 1. The first kappa shape index (κ1) is 19.3. The van der Waals surface area contributed by atoms with Crippen LogP contribution in [0.5, 0.6) is 0 Å². The van der Waals surface area contributed by atoms with Crippen LogP contribution in [0.1, 0.15) is 53.7 Å². The Morgan fingerprint density at radius 3 is 2.83 bits per heavy atom. The van der Waals surface area contributed by atoms with Crippen LogP contribution in [-0.2, 0) is 16.1 Å². The molecule has 0 bridgehead atoms. The predicted molar refractivity (Wildman–Crippen MR) is 108 cm³/mol. The normalized spacial score (nSPS) is 13.6. The Labute approximate surface area is 170 Å². The van der Waals surface area contributed by atoms with Gasteiger partial charge in [-0.1, -0.05) is 31.3 Å². The molecular weight excluding hydrogens is 392 g/mol. The van der Waals surface area contributed by atoms with Crippen molar-refractivity contribution in [3.63, 3.8) is 0 Å². The molecule has 0 atom stereocenters. The van der Waals surface area contributed by atoms with Crippen molar-refractivity contribution in [2.75, 3.05) is 5.32 Å². The maximum absolute atomic E-state index is 12.4. The third-order valence-corrected chi connectivity index (χ3v) is 5.55. The van der Waals surface area contributed by atoms with Crippen LogP contribution in [0, 0.1) is 5.92 Å². The Bertz CT molecular complexity index is 1150. The lowest BCUT2D eigenvalue weighted by molar-refractivity contribution is -0.118.